The van der Waals surface area contributed by atoms with Crippen LogP contribution in [0.2, 0.25) is 0 Å². The Morgan fingerprint density at radius 2 is 1.95 bits per heavy atom. The van der Waals surface area contributed by atoms with Crippen molar-refractivity contribution >= 4 is 5.91 Å². The third kappa shape index (κ3) is 5.52. The van der Waals surface area contributed by atoms with Crippen LogP contribution < -0.4 is 5.73 Å². The van der Waals surface area contributed by atoms with Crippen LogP contribution in [-0.2, 0) is 4.79 Å². The molecule has 1 saturated carbocycles. The van der Waals surface area contributed by atoms with Crippen molar-refractivity contribution in [2.45, 2.75) is 72.3 Å². The van der Waals surface area contributed by atoms with Gasteiger partial charge in [0.2, 0.25) is 5.91 Å². The van der Waals surface area contributed by atoms with Crippen LogP contribution in [-0.4, -0.2) is 29.9 Å². The normalized spacial score (nSPS) is 17.3. The van der Waals surface area contributed by atoms with Crippen molar-refractivity contribution < 1.29 is 4.79 Å². The van der Waals surface area contributed by atoms with E-state index in [9.17, 15) is 4.79 Å². The topological polar surface area (TPSA) is 46.3 Å². The third-order valence-electron chi connectivity index (χ3n) is 4.22. The maximum absolute atomic E-state index is 12.3. The van der Waals surface area contributed by atoms with E-state index in [0.29, 0.717) is 24.3 Å². The summed E-state index contributed by atoms with van der Waals surface area (Å²) < 4.78 is 0. The fraction of sp³-hybridized carbons (Fsp3) is 0.938. The number of carbonyl (C=O) groups excluding carboxylic acids is 1. The number of rotatable bonds is 8. The van der Waals surface area contributed by atoms with Crippen molar-refractivity contribution in [3.8, 4) is 0 Å². The molecule has 2 N–H and O–H groups in total. The lowest BCUT2D eigenvalue weighted by Crippen LogP contribution is -2.34. The predicted molar refractivity (Wildman–Crippen MR) is 80.9 cm³/mol. The summed E-state index contributed by atoms with van der Waals surface area (Å²) in [6.45, 7) is 10.6. The fourth-order valence-electron chi connectivity index (χ4n) is 2.79. The Morgan fingerprint density at radius 1 is 1.32 bits per heavy atom. The monoisotopic (exact) mass is 268 g/mol. The maximum Gasteiger partial charge on any atom is 0.222 e. The van der Waals surface area contributed by atoms with Crippen molar-refractivity contribution in [2.24, 2.45) is 17.1 Å². The van der Waals surface area contributed by atoms with Crippen molar-refractivity contribution in [1.82, 2.24) is 4.90 Å². The summed E-state index contributed by atoms with van der Waals surface area (Å²) in [5.41, 5.74) is 5.95. The zero-order chi connectivity index (χ0) is 14.5. The second kappa shape index (κ2) is 7.28. The summed E-state index contributed by atoms with van der Waals surface area (Å²) in [4.78, 5) is 14.5. The van der Waals surface area contributed by atoms with Gasteiger partial charge in [0.05, 0.1) is 0 Å². The van der Waals surface area contributed by atoms with Crippen molar-refractivity contribution in [2.75, 3.05) is 13.1 Å². The van der Waals surface area contributed by atoms with E-state index in [0.717, 1.165) is 32.4 Å². The summed E-state index contributed by atoms with van der Waals surface area (Å²) in [6, 6.07) is 0.551. The van der Waals surface area contributed by atoms with Gasteiger partial charge in [-0.1, -0.05) is 27.7 Å². The summed E-state index contributed by atoms with van der Waals surface area (Å²) in [7, 11) is 0. The first-order valence-electron chi connectivity index (χ1n) is 7.89. The highest BCUT2D eigenvalue weighted by molar-refractivity contribution is 5.76. The number of nitrogens with two attached hydrogens (primary N) is 1. The van der Waals surface area contributed by atoms with Gasteiger partial charge in [-0.25, -0.2) is 0 Å². The quantitative estimate of drug-likeness (QED) is 0.735. The average Bonchev–Trinajstić information content (AvgIpc) is 3.13. The number of nitrogens with zero attached hydrogens (tertiary/aromatic N) is 1. The molecular weight excluding hydrogens is 236 g/mol. The largest absolute Gasteiger partial charge is 0.340 e. The Morgan fingerprint density at radius 3 is 2.37 bits per heavy atom. The minimum Gasteiger partial charge on any atom is -0.340 e. The Bertz CT molecular complexity index is 279. The fourth-order valence-corrected chi connectivity index (χ4v) is 2.79. The van der Waals surface area contributed by atoms with Crippen LogP contribution in [0.5, 0.6) is 0 Å². The lowest BCUT2D eigenvalue weighted by molar-refractivity contribution is -0.132. The zero-order valence-electron chi connectivity index (χ0n) is 13.2. The molecule has 0 bridgehead atoms. The van der Waals surface area contributed by atoms with E-state index in [-0.39, 0.29) is 5.41 Å². The molecule has 0 aromatic rings. The van der Waals surface area contributed by atoms with Gasteiger partial charge in [0.15, 0.2) is 0 Å². The van der Waals surface area contributed by atoms with Crippen LogP contribution in [0.25, 0.3) is 0 Å². The number of hydrogen-bond acceptors (Lipinski definition) is 2. The molecule has 1 aliphatic rings. The standard InChI is InChI=1S/C16H32N2O/c1-5-12-18(14-7-8-14)15(19)9-6-13(10-11-17)16(2,3)4/h13-14H,5-12,17H2,1-4H3. The molecule has 0 saturated heterocycles. The highest BCUT2D eigenvalue weighted by Crippen LogP contribution is 2.33. The third-order valence-corrected chi connectivity index (χ3v) is 4.22. The molecule has 3 heteroatoms. The van der Waals surface area contributed by atoms with Crippen molar-refractivity contribution in [3.63, 3.8) is 0 Å². The van der Waals surface area contributed by atoms with E-state index < -0.39 is 0 Å². The molecule has 1 rings (SSSR count). The maximum atomic E-state index is 12.3. The number of amides is 1. The first-order chi connectivity index (χ1) is 8.90. The molecule has 1 atom stereocenters. The highest BCUT2D eigenvalue weighted by Gasteiger charge is 2.32. The molecule has 0 radical (unpaired) electrons. The van der Waals surface area contributed by atoms with E-state index >= 15 is 0 Å². The second-order valence-corrected chi connectivity index (χ2v) is 7.00. The summed E-state index contributed by atoms with van der Waals surface area (Å²) in [6.07, 6.45) is 6.17. The zero-order valence-corrected chi connectivity index (χ0v) is 13.2. The van der Waals surface area contributed by atoms with Crippen molar-refractivity contribution in [3.05, 3.63) is 0 Å². The highest BCUT2D eigenvalue weighted by atomic mass is 16.2. The number of carbonyl (C=O) groups is 1. The molecule has 0 heterocycles. The average molecular weight is 268 g/mol. The summed E-state index contributed by atoms with van der Waals surface area (Å²) in [5.74, 6) is 0.903. The lowest BCUT2D eigenvalue weighted by Gasteiger charge is -2.31. The molecule has 0 aromatic carbocycles. The van der Waals surface area contributed by atoms with Gasteiger partial charge in [-0.15, -0.1) is 0 Å². The van der Waals surface area contributed by atoms with E-state index in [1.165, 1.54) is 12.8 Å². The first kappa shape index (κ1) is 16.5. The van der Waals surface area contributed by atoms with Gasteiger partial charge in [-0.3, -0.25) is 4.79 Å². The molecule has 19 heavy (non-hydrogen) atoms. The summed E-state index contributed by atoms with van der Waals surface area (Å²) >= 11 is 0. The first-order valence-corrected chi connectivity index (χ1v) is 7.89. The molecular formula is C16H32N2O. The van der Waals surface area contributed by atoms with Crippen LogP contribution in [0, 0.1) is 11.3 Å². The smallest absolute Gasteiger partial charge is 0.222 e. The van der Waals surface area contributed by atoms with Gasteiger partial charge in [0.1, 0.15) is 0 Å². The van der Waals surface area contributed by atoms with E-state index in [1.807, 2.05) is 0 Å². The predicted octanol–water partition coefficient (Wildman–Crippen LogP) is 3.18. The minimum atomic E-state index is 0.245. The van der Waals surface area contributed by atoms with Crippen LogP contribution in [0.15, 0.2) is 0 Å². The Kier molecular flexibility index (Phi) is 6.31. The van der Waals surface area contributed by atoms with Gasteiger partial charge in [0.25, 0.3) is 0 Å². The van der Waals surface area contributed by atoms with Crippen molar-refractivity contribution in [1.29, 1.82) is 0 Å². The molecule has 1 aliphatic carbocycles. The SMILES string of the molecule is CCCN(C(=O)CCC(CCN)C(C)(C)C)C1CC1. The van der Waals surface area contributed by atoms with Crippen LogP contribution in [0.4, 0.5) is 0 Å². The minimum absolute atomic E-state index is 0.245. The van der Waals surface area contributed by atoms with Crippen LogP contribution in [0.1, 0.15) is 66.2 Å². The van der Waals surface area contributed by atoms with Crippen LogP contribution >= 0.6 is 0 Å². The summed E-state index contributed by atoms with van der Waals surface area (Å²) in [5, 5.41) is 0. The van der Waals surface area contributed by atoms with E-state index in [2.05, 4.69) is 32.6 Å². The second-order valence-electron chi connectivity index (χ2n) is 7.00. The molecule has 1 fully saturated rings. The Balaban J connectivity index is 2.45. The molecule has 112 valence electrons. The van der Waals surface area contributed by atoms with Gasteiger partial charge < -0.3 is 10.6 Å². The van der Waals surface area contributed by atoms with Gasteiger partial charge in [-0.2, -0.15) is 0 Å². The van der Waals surface area contributed by atoms with Gasteiger partial charge >= 0.3 is 0 Å². The number of hydrogen-bond donors (Lipinski definition) is 1. The molecule has 1 amide bonds. The van der Waals surface area contributed by atoms with Gasteiger partial charge in [0, 0.05) is 19.0 Å². The Hall–Kier alpha value is -0.570. The van der Waals surface area contributed by atoms with Crippen LogP contribution in [0.3, 0.4) is 0 Å². The molecule has 3 nitrogen and oxygen atoms in total. The molecule has 0 aromatic heterocycles. The Labute approximate surface area is 118 Å². The van der Waals surface area contributed by atoms with E-state index in [4.69, 9.17) is 5.73 Å². The lowest BCUT2D eigenvalue weighted by atomic mass is 9.76. The molecule has 1 unspecified atom stereocenters. The molecule has 0 spiro atoms. The van der Waals surface area contributed by atoms with Gasteiger partial charge in [-0.05, 0) is 50.0 Å². The van der Waals surface area contributed by atoms with E-state index in [1.54, 1.807) is 0 Å². The molecule has 0 aliphatic heterocycles.